The molecule has 2 aromatic rings. The van der Waals surface area contributed by atoms with Gasteiger partial charge in [-0.2, -0.15) is 5.10 Å². The molecule has 0 saturated heterocycles. The predicted molar refractivity (Wildman–Crippen MR) is 86.9 cm³/mol. The number of carbonyl (C=O) groups excluding carboxylic acids is 1. The number of amides is 1. The van der Waals surface area contributed by atoms with Crippen LogP contribution < -0.4 is 10.2 Å². The first kappa shape index (κ1) is 14.6. The van der Waals surface area contributed by atoms with Crippen molar-refractivity contribution in [3.63, 3.8) is 0 Å². The fourth-order valence-electron chi connectivity index (χ4n) is 3.02. The van der Waals surface area contributed by atoms with Crippen LogP contribution in [0, 0.1) is 6.92 Å². The van der Waals surface area contributed by atoms with Crippen LogP contribution in [0.3, 0.4) is 0 Å². The Kier molecular flexibility index (Phi) is 3.88. The minimum atomic E-state index is -0.0654. The van der Waals surface area contributed by atoms with Crippen molar-refractivity contribution in [2.24, 2.45) is 7.05 Å². The van der Waals surface area contributed by atoms with Crippen molar-refractivity contribution < 1.29 is 4.79 Å². The van der Waals surface area contributed by atoms with E-state index in [1.54, 1.807) is 0 Å². The summed E-state index contributed by atoms with van der Waals surface area (Å²) < 4.78 is 1.83. The van der Waals surface area contributed by atoms with Crippen molar-refractivity contribution in [3.05, 3.63) is 47.3 Å². The van der Waals surface area contributed by atoms with Gasteiger partial charge in [-0.15, -0.1) is 0 Å². The summed E-state index contributed by atoms with van der Waals surface area (Å²) in [5, 5.41) is 7.28. The molecule has 1 atom stereocenters. The zero-order valence-electron chi connectivity index (χ0n) is 13.3. The zero-order valence-corrected chi connectivity index (χ0v) is 13.3. The molecule has 0 spiro atoms. The average Bonchev–Trinajstić information content (AvgIpc) is 2.85. The van der Waals surface area contributed by atoms with Gasteiger partial charge >= 0.3 is 0 Å². The second-order valence-electron chi connectivity index (χ2n) is 5.92. The van der Waals surface area contributed by atoms with Crippen molar-refractivity contribution in [2.45, 2.75) is 25.8 Å². The Morgan fingerprint density at radius 3 is 2.86 bits per heavy atom. The highest BCUT2D eigenvalue weighted by molar-refractivity contribution is 5.86. The third kappa shape index (κ3) is 2.58. The van der Waals surface area contributed by atoms with Crippen LogP contribution in [-0.4, -0.2) is 29.3 Å². The molecule has 0 fully saturated rings. The first-order chi connectivity index (χ1) is 10.6. The Labute approximate surface area is 130 Å². The average molecular weight is 298 g/mol. The Morgan fingerprint density at radius 2 is 2.14 bits per heavy atom. The molecule has 5 heteroatoms. The van der Waals surface area contributed by atoms with Crippen LogP contribution in [0.2, 0.25) is 0 Å². The van der Waals surface area contributed by atoms with Gasteiger partial charge in [-0.1, -0.05) is 18.2 Å². The van der Waals surface area contributed by atoms with E-state index in [2.05, 4.69) is 34.5 Å². The van der Waals surface area contributed by atoms with Gasteiger partial charge in [0.15, 0.2) is 0 Å². The minimum absolute atomic E-state index is 0.0654. The van der Waals surface area contributed by atoms with Gasteiger partial charge in [0.2, 0.25) is 5.91 Å². The van der Waals surface area contributed by atoms with Crippen LogP contribution in [0.25, 0.3) is 0 Å². The lowest BCUT2D eigenvalue weighted by atomic mass is 9.89. The SMILES string of the molecule is Cc1c(CNC(=O)C2CCN(C)c3ccccc32)cnn1C. The summed E-state index contributed by atoms with van der Waals surface area (Å²) in [6.07, 6.45) is 2.67. The summed E-state index contributed by atoms with van der Waals surface area (Å²) in [6, 6.07) is 8.17. The Hall–Kier alpha value is -2.30. The molecule has 22 heavy (non-hydrogen) atoms. The zero-order chi connectivity index (χ0) is 15.7. The van der Waals surface area contributed by atoms with Gasteiger partial charge in [0.1, 0.15) is 0 Å². The molecule has 1 aromatic carbocycles. The third-order valence-electron chi connectivity index (χ3n) is 4.58. The van der Waals surface area contributed by atoms with Gasteiger partial charge in [-0.25, -0.2) is 0 Å². The molecule has 1 unspecified atom stereocenters. The molecular formula is C17H22N4O. The molecule has 3 rings (SSSR count). The molecule has 0 aliphatic carbocycles. The van der Waals surface area contributed by atoms with Crippen molar-refractivity contribution in [1.82, 2.24) is 15.1 Å². The highest BCUT2D eigenvalue weighted by Gasteiger charge is 2.28. The van der Waals surface area contributed by atoms with E-state index < -0.39 is 0 Å². The first-order valence-electron chi connectivity index (χ1n) is 7.63. The van der Waals surface area contributed by atoms with Gasteiger partial charge in [0, 0.05) is 44.1 Å². The summed E-state index contributed by atoms with van der Waals surface area (Å²) >= 11 is 0. The van der Waals surface area contributed by atoms with E-state index in [0.717, 1.165) is 35.5 Å². The highest BCUT2D eigenvalue weighted by Crippen LogP contribution is 2.34. The second kappa shape index (κ2) is 5.83. The number of fused-ring (bicyclic) bond motifs is 1. The highest BCUT2D eigenvalue weighted by atomic mass is 16.1. The van der Waals surface area contributed by atoms with E-state index in [1.807, 2.05) is 37.0 Å². The maximum absolute atomic E-state index is 12.6. The topological polar surface area (TPSA) is 50.2 Å². The maximum Gasteiger partial charge on any atom is 0.227 e. The molecule has 0 bridgehead atoms. The van der Waals surface area contributed by atoms with E-state index in [-0.39, 0.29) is 11.8 Å². The van der Waals surface area contributed by atoms with Gasteiger partial charge in [-0.05, 0) is 25.0 Å². The fraction of sp³-hybridized carbons (Fsp3) is 0.412. The molecule has 116 valence electrons. The summed E-state index contributed by atoms with van der Waals surface area (Å²) in [7, 11) is 3.99. The van der Waals surface area contributed by atoms with E-state index in [9.17, 15) is 4.79 Å². The number of aromatic nitrogens is 2. The minimum Gasteiger partial charge on any atom is -0.374 e. The van der Waals surface area contributed by atoms with Crippen molar-refractivity contribution >= 4 is 11.6 Å². The second-order valence-corrected chi connectivity index (χ2v) is 5.92. The Morgan fingerprint density at radius 1 is 1.36 bits per heavy atom. The summed E-state index contributed by atoms with van der Waals surface area (Å²) in [5.74, 6) is 0.0354. The Bertz CT molecular complexity index is 692. The van der Waals surface area contributed by atoms with Crippen molar-refractivity contribution in [2.75, 3.05) is 18.5 Å². The molecule has 1 aromatic heterocycles. The number of hydrogen-bond donors (Lipinski definition) is 1. The smallest absolute Gasteiger partial charge is 0.227 e. The summed E-state index contributed by atoms with van der Waals surface area (Å²) in [4.78, 5) is 14.8. The summed E-state index contributed by atoms with van der Waals surface area (Å²) in [6.45, 7) is 3.45. The number of rotatable bonds is 3. The van der Waals surface area contributed by atoms with Crippen molar-refractivity contribution in [1.29, 1.82) is 0 Å². The van der Waals surface area contributed by atoms with Gasteiger partial charge < -0.3 is 10.2 Å². The molecular weight excluding hydrogens is 276 g/mol. The number of nitrogens with zero attached hydrogens (tertiary/aromatic N) is 3. The van der Waals surface area contributed by atoms with E-state index in [1.165, 1.54) is 0 Å². The third-order valence-corrected chi connectivity index (χ3v) is 4.58. The normalized spacial score (nSPS) is 17.2. The molecule has 1 aliphatic rings. The van der Waals surface area contributed by atoms with Crippen molar-refractivity contribution in [3.8, 4) is 0 Å². The van der Waals surface area contributed by atoms with Crippen LogP contribution in [0.4, 0.5) is 5.69 Å². The lowest BCUT2D eigenvalue weighted by Gasteiger charge is -2.32. The number of aryl methyl sites for hydroxylation is 1. The van der Waals surface area contributed by atoms with Gasteiger partial charge in [0.25, 0.3) is 0 Å². The number of anilines is 1. The summed E-state index contributed by atoms with van der Waals surface area (Å²) in [5.41, 5.74) is 4.43. The first-order valence-corrected chi connectivity index (χ1v) is 7.63. The van der Waals surface area contributed by atoms with Crippen LogP contribution in [0.1, 0.15) is 29.2 Å². The number of benzene rings is 1. The quantitative estimate of drug-likeness (QED) is 0.942. The number of carbonyl (C=O) groups is 1. The molecule has 5 nitrogen and oxygen atoms in total. The lowest BCUT2D eigenvalue weighted by molar-refractivity contribution is -0.122. The largest absolute Gasteiger partial charge is 0.374 e. The molecule has 0 radical (unpaired) electrons. The number of para-hydroxylation sites is 1. The standard InChI is InChI=1S/C17H22N4O/c1-12-13(11-19-21(12)3)10-18-17(22)15-8-9-20(2)16-7-5-4-6-14(15)16/h4-7,11,15H,8-10H2,1-3H3,(H,18,22). The monoisotopic (exact) mass is 298 g/mol. The molecule has 0 saturated carbocycles. The van der Waals surface area contributed by atoms with Gasteiger partial charge in [-0.3, -0.25) is 9.48 Å². The van der Waals surface area contributed by atoms with E-state index in [0.29, 0.717) is 6.54 Å². The maximum atomic E-state index is 12.6. The number of hydrogen-bond acceptors (Lipinski definition) is 3. The molecule has 1 aliphatic heterocycles. The molecule has 2 heterocycles. The molecule has 1 amide bonds. The van der Waals surface area contributed by atoms with Crippen LogP contribution in [0.5, 0.6) is 0 Å². The van der Waals surface area contributed by atoms with Crippen LogP contribution in [0.15, 0.2) is 30.5 Å². The van der Waals surface area contributed by atoms with Crippen LogP contribution >= 0.6 is 0 Å². The Balaban J connectivity index is 1.73. The van der Waals surface area contributed by atoms with Crippen LogP contribution in [-0.2, 0) is 18.4 Å². The lowest BCUT2D eigenvalue weighted by Crippen LogP contribution is -2.36. The van der Waals surface area contributed by atoms with E-state index in [4.69, 9.17) is 0 Å². The fourth-order valence-corrected chi connectivity index (χ4v) is 3.02. The number of nitrogens with one attached hydrogen (secondary N) is 1. The van der Waals surface area contributed by atoms with E-state index >= 15 is 0 Å². The van der Waals surface area contributed by atoms with Gasteiger partial charge in [0.05, 0.1) is 12.1 Å². The molecule has 1 N–H and O–H groups in total. The predicted octanol–water partition coefficient (Wildman–Crippen LogP) is 1.97.